The van der Waals surface area contributed by atoms with E-state index in [1.54, 1.807) is 0 Å². The van der Waals surface area contributed by atoms with Gasteiger partial charge in [-0.05, 0) is 68.7 Å². The van der Waals surface area contributed by atoms with Crippen molar-refractivity contribution in [3.63, 3.8) is 0 Å². The van der Waals surface area contributed by atoms with Crippen molar-refractivity contribution in [3.8, 4) is 0 Å². The summed E-state index contributed by atoms with van der Waals surface area (Å²) in [6.45, 7) is 5.44. The molecule has 2 atom stereocenters. The molecule has 1 aliphatic rings. The van der Waals surface area contributed by atoms with Crippen LogP contribution in [0.25, 0.3) is 0 Å². The van der Waals surface area contributed by atoms with E-state index < -0.39 is 11.6 Å². The average Bonchev–Trinajstić information content (AvgIpc) is 2.37. The third-order valence-corrected chi connectivity index (χ3v) is 4.67. The first-order valence-corrected chi connectivity index (χ1v) is 7.50. The molecule has 0 saturated heterocycles. The summed E-state index contributed by atoms with van der Waals surface area (Å²) < 4.78 is 27.7. The smallest absolute Gasteiger partial charge is 0.129 e. The van der Waals surface area contributed by atoms with Crippen molar-refractivity contribution in [1.29, 1.82) is 0 Å². The van der Waals surface area contributed by atoms with Crippen molar-refractivity contribution in [2.45, 2.75) is 39.5 Å². The van der Waals surface area contributed by atoms with Gasteiger partial charge in [0.25, 0.3) is 0 Å². The first kappa shape index (κ1) is 15.4. The highest BCUT2D eigenvalue weighted by molar-refractivity contribution is 5.20. The Morgan fingerprint density at radius 1 is 1.20 bits per heavy atom. The Morgan fingerprint density at radius 3 is 2.45 bits per heavy atom. The van der Waals surface area contributed by atoms with Crippen LogP contribution in [0.5, 0.6) is 0 Å². The Hall–Kier alpha value is -0.960. The quantitative estimate of drug-likeness (QED) is 0.873. The Kier molecular flexibility index (Phi) is 4.79. The van der Waals surface area contributed by atoms with Crippen molar-refractivity contribution >= 4 is 0 Å². The lowest BCUT2D eigenvalue weighted by Gasteiger charge is -2.41. The van der Waals surface area contributed by atoms with Gasteiger partial charge in [0.05, 0.1) is 0 Å². The predicted molar refractivity (Wildman–Crippen MR) is 78.6 cm³/mol. The van der Waals surface area contributed by atoms with Crippen molar-refractivity contribution in [2.75, 3.05) is 13.6 Å². The van der Waals surface area contributed by atoms with Gasteiger partial charge < -0.3 is 5.32 Å². The van der Waals surface area contributed by atoms with Crippen LogP contribution in [0.2, 0.25) is 0 Å². The highest BCUT2D eigenvalue weighted by atomic mass is 19.1. The van der Waals surface area contributed by atoms with Crippen molar-refractivity contribution in [1.82, 2.24) is 5.32 Å². The standard InChI is InChI=1S/C17H25F2N/c1-17(2)8-7-12(11-20-3)13(10-17)9-14-15(18)5-4-6-16(14)19/h4-6,12-13,20H,7-11H2,1-3H3. The molecule has 1 aliphatic carbocycles. The zero-order chi connectivity index (χ0) is 14.8. The topological polar surface area (TPSA) is 12.0 Å². The van der Waals surface area contributed by atoms with E-state index in [-0.39, 0.29) is 11.0 Å². The number of benzene rings is 1. The normalized spacial score (nSPS) is 25.6. The zero-order valence-electron chi connectivity index (χ0n) is 12.7. The molecule has 0 radical (unpaired) electrons. The molecule has 0 heterocycles. The van der Waals surface area contributed by atoms with Crippen molar-refractivity contribution in [2.24, 2.45) is 17.3 Å². The van der Waals surface area contributed by atoms with E-state index in [4.69, 9.17) is 0 Å². The van der Waals surface area contributed by atoms with Crippen molar-refractivity contribution < 1.29 is 8.78 Å². The van der Waals surface area contributed by atoms with Crippen LogP contribution < -0.4 is 5.32 Å². The number of hydrogen-bond donors (Lipinski definition) is 1. The second-order valence-corrected chi connectivity index (χ2v) is 6.89. The molecule has 2 rings (SSSR count). The molecule has 1 fully saturated rings. The van der Waals surface area contributed by atoms with E-state index in [1.807, 2.05) is 7.05 Å². The molecule has 0 aliphatic heterocycles. The van der Waals surface area contributed by atoms with E-state index in [2.05, 4.69) is 19.2 Å². The molecule has 1 aromatic carbocycles. The maximum atomic E-state index is 13.9. The third kappa shape index (κ3) is 3.57. The monoisotopic (exact) mass is 281 g/mol. The molecule has 3 heteroatoms. The van der Waals surface area contributed by atoms with E-state index in [0.29, 0.717) is 18.3 Å². The molecule has 0 spiro atoms. The summed E-state index contributed by atoms with van der Waals surface area (Å²) >= 11 is 0. The van der Waals surface area contributed by atoms with Gasteiger partial charge in [-0.1, -0.05) is 19.9 Å². The van der Waals surface area contributed by atoms with Gasteiger partial charge in [0, 0.05) is 5.56 Å². The number of nitrogens with one attached hydrogen (secondary N) is 1. The maximum absolute atomic E-state index is 13.9. The summed E-state index contributed by atoms with van der Waals surface area (Å²) in [5.41, 5.74) is 0.535. The highest BCUT2D eigenvalue weighted by Gasteiger charge is 2.35. The molecule has 1 aromatic rings. The summed E-state index contributed by atoms with van der Waals surface area (Å²) in [6, 6.07) is 4.16. The van der Waals surface area contributed by atoms with Crippen LogP contribution in [-0.4, -0.2) is 13.6 Å². The second-order valence-electron chi connectivity index (χ2n) is 6.89. The minimum Gasteiger partial charge on any atom is -0.319 e. The summed E-state index contributed by atoms with van der Waals surface area (Å²) in [7, 11) is 1.94. The molecule has 0 amide bonds. The van der Waals surface area contributed by atoms with Gasteiger partial charge >= 0.3 is 0 Å². The van der Waals surface area contributed by atoms with Crippen LogP contribution in [0.4, 0.5) is 8.78 Å². The zero-order valence-corrected chi connectivity index (χ0v) is 12.7. The van der Waals surface area contributed by atoms with Gasteiger partial charge in [-0.25, -0.2) is 8.78 Å². The third-order valence-electron chi connectivity index (χ3n) is 4.67. The van der Waals surface area contributed by atoms with Gasteiger partial charge in [-0.3, -0.25) is 0 Å². The Balaban J connectivity index is 2.18. The van der Waals surface area contributed by atoms with Gasteiger partial charge in [-0.2, -0.15) is 0 Å². The minimum atomic E-state index is -0.406. The van der Waals surface area contributed by atoms with Crippen LogP contribution >= 0.6 is 0 Å². The Labute approximate surface area is 120 Å². The van der Waals surface area contributed by atoms with Crippen molar-refractivity contribution in [3.05, 3.63) is 35.4 Å². The lowest BCUT2D eigenvalue weighted by Crippen LogP contribution is -2.36. The maximum Gasteiger partial charge on any atom is 0.129 e. The van der Waals surface area contributed by atoms with Crippen LogP contribution in [0.1, 0.15) is 38.7 Å². The van der Waals surface area contributed by atoms with E-state index in [9.17, 15) is 8.78 Å². The second kappa shape index (κ2) is 6.21. The fraction of sp³-hybridized carbons (Fsp3) is 0.647. The largest absolute Gasteiger partial charge is 0.319 e. The molecule has 2 unspecified atom stereocenters. The van der Waals surface area contributed by atoms with Crippen LogP contribution in [-0.2, 0) is 6.42 Å². The molecule has 1 N–H and O–H groups in total. The van der Waals surface area contributed by atoms with Crippen LogP contribution in [0.15, 0.2) is 18.2 Å². The molecular weight excluding hydrogens is 256 g/mol. The van der Waals surface area contributed by atoms with Crippen LogP contribution in [0, 0.1) is 28.9 Å². The Morgan fingerprint density at radius 2 is 1.85 bits per heavy atom. The van der Waals surface area contributed by atoms with Gasteiger partial charge in [0.1, 0.15) is 11.6 Å². The summed E-state index contributed by atoms with van der Waals surface area (Å²) in [5.74, 6) is 0.0396. The van der Waals surface area contributed by atoms with Gasteiger partial charge in [-0.15, -0.1) is 0 Å². The van der Waals surface area contributed by atoms with E-state index >= 15 is 0 Å². The summed E-state index contributed by atoms with van der Waals surface area (Å²) in [6.07, 6.45) is 3.87. The number of halogens is 2. The minimum absolute atomic E-state index is 0.260. The average molecular weight is 281 g/mol. The first-order chi connectivity index (χ1) is 9.43. The number of rotatable bonds is 4. The fourth-order valence-electron chi connectivity index (χ4n) is 3.55. The Bertz CT molecular complexity index is 436. The van der Waals surface area contributed by atoms with Crippen LogP contribution in [0.3, 0.4) is 0 Å². The predicted octanol–water partition coefficient (Wildman–Crippen LogP) is 4.17. The molecule has 0 bridgehead atoms. The molecule has 112 valence electrons. The molecule has 20 heavy (non-hydrogen) atoms. The fourth-order valence-corrected chi connectivity index (χ4v) is 3.55. The van der Waals surface area contributed by atoms with E-state index in [1.165, 1.54) is 24.6 Å². The molecular formula is C17H25F2N. The van der Waals surface area contributed by atoms with Gasteiger partial charge in [0.15, 0.2) is 0 Å². The lowest BCUT2D eigenvalue weighted by atomic mass is 9.65. The van der Waals surface area contributed by atoms with E-state index in [0.717, 1.165) is 19.4 Å². The first-order valence-electron chi connectivity index (χ1n) is 7.50. The molecule has 0 aromatic heterocycles. The summed E-state index contributed by atoms with van der Waals surface area (Å²) in [5, 5.41) is 3.22. The SMILES string of the molecule is CNCC1CCC(C)(C)CC1Cc1c(F)cccc1F. The summed E-state index contributed by atoms with van der Waals surface area (Å²) in [4.78, 5) is 0. The van der Waals surface area contributed by atoms with Gasteiger partial charge in [0.2, 0.25) is 0 Å². The number of hydrogen-bond acceptors (Lipinski definition) is 1. The highest BCUT2D eigenvalue weighted by Crippen LogP contribution is 2.43. The lowest BCUT2D eigenvalue weighted by molar-refractivity contribution is 0.116. The molecule has 1 saturated carbocycles. The molecule has 1 nitrogen and oxygen atoms in total.